The topological polar surface area (TPSA) is 64.4 Å². The van der Waals surface area contributed by atoms with Crippen LogP contribution in [0, 0.1) is 11.7 Å². The van der Waals surface area contributed by atoms with Gasteiger partial charge in [-0.3, -0.25) is 5.10 Å². The molecule has 134 valence electrons. The number of ether oxygens (including phenoxy) is 2. The van der Waals surface area contributed by atoms with Gasteiger partial charge in [0.2, 0.25) is 4.77 Å². The Labute approximate surface area is 164 Å². The number of halogens is 1. The average Bonchev–Trinajstić information content (AvgIpc) is 2.97. The molecule has 0 saturated heterocycles. The Hall–Kier alpha value is -2.45. The number of methoxy groups -OCH3 is 1. The summed E-state index contributed by atoms with van der Waals surface area (Å²) in [4.78, 5) is 0. The van der Waals surface area contributed by atoms with Crippen LogP contribution in [-0.2, 0) is 6.61 Å². The summed E-state index contributed by atoms with van der Waals surface area (Å²) in [5.74, 6) is 1.94. The molecule has 1 N–H and O–H groups in total. The predicted molar refractivity (Wildman–Crippen MR) is 107 cm³/mol. The summed E-state index contributed by atoms with van der Waals surface area (Å²) >= 11 is 8.69. The van der Waals surface area contributed by atoms with Crippen LogP contribution in [0.3, 0.4) is 0 Å². The van der Waals surface area contributed by atoms with Crippen LogP contribution in [0.2, 0.25) is 0 Å². The number of benzene rings is 2. The Morgan fingerprint density at radius 1 is 1.31 bits per heavy atom. The second kappa shape index (κ2) is 8.29. The van der Waals surface area contributed by atoms with E-state index in [0.717, 1.165) is 15.6 Å². The van der Waals surface area contributed by atoms with Gasteiger partial charge in [-0.1, -0.05) is 30.3 Å². The van der Waals surface area contributed by atoms with Crippen molar-refractivity contribution in [2.75, 3.05) is 7.11 Å². The van der Waals surface area contributed by atoms with Crippen molar-refractivity contribution < 1.29 is 9.47 Å². The SMILES string of the molecule is COc1cc(/C=N\n2c(C)n[nH]c2=S)cc(Br)c1OCc1ccccc1. The van der Waals surface area contributed by atoms with E-state index in [1.165, 1.54) is 0 Å². The number of H-pyrrole nitrogens is 1. The first kappa shape index (κ1) is 18.3. The zero-order valence-electron chi connectivity index (χ0n) is 14.3. The molecule has 0 amide bonds. The minimum absolute atomic E-state index is 0.438. The molecule has 1 heterocycles. The van der Waals surface area contributed by atoms with Crippen LogP contribution in [0.5, 0.6) is 11.5 Å². The molecule has 0 aliphatic rings. The van der Waals surface area contributed by atoms with E-state index in [-0.39, 0.29) is 0 Å². The van der Waals surface area contributed by atoms with E-state index in [4.69, 9.17) is 21.7 Å². The van der Waals surface area contributed by atoms with Gasteiger partial charge in [-0.05, 0) is 58.3 Å². The molecular formula is C18H17BrN4O2S. The molecule has 0 radical (unpaired) electrons. The lowest BCUT2D eigenvalue weighted by Crippen LogP contribution is -2.00. The Morgan fingerprint density at radius 2 is 2.08 bits per heavy atom. The van der Waals surface area contributed by atoms with E-state index in [1.54, 1.807) is 18.0 Å². The van der Waals surface area contributed by atoms with Crippen LogP contribution < -0.4 is 9.47 Å². The lowest BCUT2D eigenvalue weighted by Gasteiger charge is -2.13. The predicted octanol–water partition coefficient (Wildman–Crippen LogP) is 4.48. The maximum absolute atomic E-state index is 5.94. The molecule has 0 aliphatic heterocycles. The molecule has 0 spiro atoms. The van der Waals surface area contributed by atoms with Crippen LogP contribution in [-0.4, -0.2) is 28.2 Å². The molecule has 3 rings (SSSR count). The molecule has 0 unspecified atom stereocenters. The fourth-order valence-electron chi connectivity index (χ4n) is 2.31. The summed E-state index contributed by atoms with van der Waals surface area (Å²) in [6.45, 7) is 2.27. The third-order valence-corrected chi connectivity index (χ3v) is 4.47. The van der Waals surface area contributed by atoms with Crippen LogP contribution in [0.25, 0.3) is 0 Å². The summed E-state index contributed by atoms with van der Waals surface area (Å²) in [6.07, 6.45) is 1.69. The van der Waals surface area contributed by atoms with Gasteiger partial charge in [0.05, 0.1) is 17.8 Å². The summed E-state index contributed by atoms with van der Waals surface area (Å²) in [6, 6.07) is 13.7. The highest BCUT2D eigenvalue weighted by Gasteiger charge is 2.11. The Kier molecular flexibility index (Phi) is 5.85. The van der Waals surface area contributed by atoms with Crippen molar-refractivity contribution in [2.24, 2.45) is 5.10 Å². The highest BCUT2D eigenvalue weighted by Crippen LogP contribution is 2.36. The second-order valence-corrected chi connectivity index (χ2v) is 6.68. The van der Waals surface area contributed by atoms with Crippen molar-refractivity contribution in [2.45, 2.75) is 13.5 Å². The summed E-state index contributed by atoms with van der Waals surface area (Å²) in [5.41, 5.74) is 1.92. The standard InChI is InChI=1S/C18H17BrN4O2S/c1-12-21-22-18(26)23(12)20-10-14-8-15(19)17(16(9-14)24-2)25-11-13-6-4-3-5-7-13/h3-10H,11H2,1-2H3,(H,22,26)/b20-10-. The third kappa shape index (κ3) is 4.20. The van der Waals surface area contributed by atoms with Crippen LogP contribution in [0.4, 0.5) is 0 Å². The molecule has 0 atom stereocenters. The average molecular weight is 433 g/mol. The van der Waals surface area contributed by atoms with Crippen LogP contribution >= 0.6 is 28.1 Å². The van der Waals surface area contributed by atoms with E-state index in [1.807, 2.05) is 49.4 Å². The molecule has 2 aromatic carbocycles. The fourth-order valence-corrected chi connectivity index (χ4v) is 3.11. The quantitative estimate of drug-likeness (QED) is 0.460. The summed E-state index contributed by atoms with van der Waals surface area (Å²) < 4.78 is 14.2. The second-order valence-electron chi connectivity index (χ2n) is 5.44. The number of nitrogens with one attached hydrogen (secondary N) is 1. The van der Waals surface area contributed by atoms with Gasteiger partial charge in [0.15, 0.2) is 11.5 Å². The maximum atomic E-state index is 5.94. The van der Waals surface area contributed by atoms with Crippen molar-refractivity contribution in [3.05, 3.63) is 68.7 Å². The normalized spacial score (nSPS) is 11.0. The summed E-state index contributed by atoms with van der Waals surface area (Å²) in [5, 5.41) is 11.1. The van der Waals surface area contributed by atoms with Gasteiger partial charge in [0, 0.05) is 0 Å². The van der Waals surface area contributed by atoms with Crippen molar-refractivity contribution in [1.82, 2.24) is 14.9 Å². The highest BCUT2D eigenvalue weighted by molar-refractivity contribution is 9.10. The zero-order valence-corrected chi connectivity index (χ0v) is 16.7. The van der Waals surface area contributed by atoms with E-state index < -0.39 is 0 Å². The lowest BCUT2D eigenvalue weighted by molar-refractivity contribution is 0.282. The van der Waals surface area contributed by atoms with Crippen molar-refractivity contribution >= 4 is 34.4 Å². The van der Waals surface area contributed by atoms with E-state index >= 15 is 0 Å². The number of hydrogen-bond donors (Lipinski definition) is 1. The fraction of sp³-hybridized carbons (Fsp3) is 0.167. The Bertz CT molecular complexity index is 983. The smallest absolute Gasteiger partial charge is 0.216 e. The minimum Gasteiger partial charge on any atom is -0.493 e. The molecule has 8 heteroatoms. The van der Waals surface area contributed by atoms with E-state index in [9.17, 15) is 0 Å². The number of hydrogen-bond acceptors (Lipinski definition) is 5. The van der Waals surface area contributed by atoms with Gasteiger partial charge in [-0.25, -0.2) is 0 Å². The molecule has 3 aromatic rings. The summed E-state index contributed by atoms with van der Waals surface area (Å²) in [7, 11) is 1.61. The van der Waals surface area contributed by atoms with Gasteiger partial charge in [0.25, 0.3) is 0 Å². The molecule has 6 nitrogen and oxygen atoms in total. The van der Waals surface area contributed by atoms with Gasteiger partial charge >= 0.3 is 0 Å². The maximum Gasteiger partial charge on any atom is 0.216 e. The molecular weight excluding hydrogens is 416 g/mol. The Balaban J connectivity index is 1.84. The van der Waals surface area contributed by atoms with Crippen molar-refractivity contribution in [1.29, 1.82) is 0 Å². The first-order chi connectivity index (χ1) is 12.6. The number of rotatable bonds is 6. The number of nitrogens with zero attached hydrogens (tertiary/aromatic N) is 3. The van der Waals surface area contributed by atoms with E-state index in [0.29, 0.717) is 28.7 Å². The first-order valence-corrected chi connectivity index (χ1v) is 9.01. The molecule has 0 saturated carbocycles. The molecule has 0 aliphatic carbocycles. The number of aryl methyl sites for hydroxylation is 1. The van der Waals surface area contributed by atoms with Crippen LogP contribution in [0.15, 0.2) is 52.0 Å². The molecule has 26 heavy (non-hydrogen) atoms. The van der Waals surface area contributed by atoms with Gasteiger partial charge in [-0.2, -0.15) is 14.9 Å². The van der Waals surface area contributed by atoms with Gasteiger partial charge in [-0.15, -0.1) is 0 Å². The monoisotopic (exact) mass is 432 g/mol. The lowest BCUT2D eigenvalue weighted by atomic mass is 10.2. The molecule has 0 fully saturated rings. The molecule has 0 bridgehead atoms. The largest absolute Gasteiger partial charge is 0.493 e. The van der Waals surface area contributed by atoms with Crippen molar-refractivity contribution in [3.8, 4) is 11.5 Å². The zero-order chi connectivity index (χ0) is 18.5. The van der Waals surface area contributed by atoms with Gasteiger partial charge in [0.1, 0.15) is 12.4 Å². The third-order valence-electron chi connectivity index (χ3n) is 3.61. The minimum atomic E-state index is 0.438. The number of aromatic nitrogens is 3. The highest BCUT2D eigenvalue weighted by atomic mass is 79.9. The number of aromatic amines is 1. The Morgan fingerprint density at radius 3 is 2.73 bits per heavy atom. The van der Waals surface area contributed by atoms with Crippen LogP contribution in [0.1, 0.15) is 17.0 Å². The first-order valence-electron chi connectivity index (χ1n) is 7.81. The van der Waals surface area contributed by atoms with Crippen molar-refractivity contribution in [3.63, 3.8) is 0 Å². The van der Waals surface area contributed by atoms with Gasteiger partial charge < -0.3 is 9.47 Å². The molecule has 1 aromatic heterocycles. The van der Waals surface area contributed by atoms with E-state index in [2.05, 4.69) is 31.2 Å².